The molecule has 2 heterocycles. The lowest BCUT2D eigenvalue weighted by molar-refractivity contribution is 1.50. The van der Waals surface area contributed by atoms with Gasteiger partial charge in [-0.2, -0.15) is 0 Å². The van der Waals surface area contributed by atoms with Crippen molar-refractivity contribution in [3.05, 3.63) is 16.3 Å². The van der Waals surface area contributed by atoms with Gasteiger partial charge in [0.2, 0.25) is 0 Å². The summed E-state index contributed by atoms with van der Waals surface area (Å²) in [6.45, 7) is 0. The number of nitrogens with zero attached hydrogens (tertiary/aromatic N) is 1. The number of fused-ring (bicyclic) bond motifs is 1. The van der Waals surface area contributed by atoms with Crippen LogP contribution < -0.4 is 0 Å². The van der Waals surface area contributed by atoms with Crippen molar-refractivity contribution in [3.8, 4) is 0 Å². The second kappa shape index (κ2) is 1.53. The van der Waals surface area contributed by atoms with Gasteiger partial charge in [0, 0.05) is 10.8 Å². The van der Waals surface area contributed by atoms with Crippen LogP contribution in [0.1, 0.15) is 0 Å². The third-order valence-electron chi connectivity index (χ3n) is 0.929. The highest BCUT2D eigenvalue weighted by Gasteiger charge is 1.93. The van der Waals surface area contributed by atoms with Gasteiger partial charge in [-0.1, -0.05) is 0 Å². The number of thiazole rings is 1. The summed E-state index contributed by atoms with van der Waals surface area (Å²) in [6, 6.07) is 0. The Morgan fingerprint density at radius 1 is 1.50 bits per heavy atom. The molecule has 2 aromatic rings. The molecule has 0 aliphatic rings. The van der Waals surface area contributed by atoms with Crippen LogP contribution >= 0.6 is 22.7 Å². The molecule has 0 aliphatic heterocycles. The van der Waals surface area contributed by atoms with Gasteiger partial charge < -0.3 is 0 Å². The van der Waals surface area contributed by atoms with Crippen molar-refractivity contribution in [3.63, 3.8) is 0 Å². The first kappa shape index (κ1) is 4.47. The molecule has 0 atom stereocenters. The Hall–Kier alpha value is -0.410. The zero-order valence-electron chi connectivity index (χ0n) is 3.92. The van der Waals surface area contributed by atoms with Gasteiger partial charge in [0.1, 0.15) is 0 Å². The van der Waals surface area contributed by atoms with Crippen LogP contribution in [-0.2, 0) is 0 Å². The highest BCUT2D eigenvalue weighted by Crippen LogP contribution is 2.20. The molecule has 0 aromatic carbocycles. The fraction of sp³-hybridized carbons (Fsp3) is 0. The van der Waals surface area contributed by atoms with Crippen molar-refractivity contribution in [1.29, 1.82) is 0 Å². The predicted octanol–water partition coefficient (Wildman–Crippen LogP) is 2.16. The Kier molecular flexibility index (Phi) is 0.856. The molecule has 0 saturated heterocycles. The van der Waals surface area contributed by atoms with Crippen molar-refractivity contribution < 1.29 is 0 Å². The Labute approximate surface area is 54.6 Å². The van der Waals surface area contributed by atoms with Gasteiger partial charge in [-0.05, 0) is 0 Å². The molecule has 0 saturated carbocycles. The van der Waals surface area contributed by atoms with E-state index in [9.17, 15) is 0 Å². The number of thiophene rings is 1. The second-order valence-electron chi connectivity index (χ2n) is 1.43. The third-order valence-corrected chi connectivity index (χ3v) is 2.54. The molecule has 3 heteroatoms. The maximum Gasteiger partial charge on any atom is 0.153 e. The van der Waals surface area contributed by atoms with Gasteiger partial charge in [0.15, 0.2) is 5.51 Å². The maximum absolute atomic E-state index is 3.98. The molecular weight excluding hydrogens is 138 g/mol. The highest BCUT2D eigenvalue weighted by molar-refractivity contribution is 7.20. The van der Waals surface area contributed by atoms with Gasteiger partial charge in [0.05, 0.1) is 10.2 Å². The normalized spacial score (nSPS) is 10.5. The van der Waals surface area contributed by atoms with Gasteiger partial charge >= 0.3 is 0 Å². The van der Waals surface area contributed by atoms with Crippen LogP contribution in [0.2, 0.25) is 0 Å². The molecular formula is C5H2NS2. The summed E-state index contributed by atoms with van der Waals surface area (Å²) >= 11 is 3.26. The zero-order chi connectivity index (χ0) is 5.40. The van der Waals surface area contributed by atoms with Crippen LogP contribution in [-0.4, -0.2) is 4.98 Å². The second-order valence-corrected chi connectivity index (χ2v) is 3.00. The molecule has 8 heavy (non-hydrogen) atoms. The summed E-state index contributed by atoms with van der Waals surface area (Å²) < 4.78 is 1.25. The summed E-state index contributed by atoms with van der Waals surface area (Å²) in [4.78, 5) is 3.98. The molecule has 0 amide bonds. The molecule has 39 valence electrons. The average Bonchev–Trinajstić information content (AvgIpc) is 2.15. The van der Waals surface area contributed by atoms with E-state index in [4.69, 9.17) is 0 Å². The molecule has 2 aromatic heterocycles. The van der Waals surface area contributed by atoms with Crippen molar-refractivity contribution in [1.82, 2.24) is 4.98 Å². The molecule has 0 unspecified atom stereocenters. The van der Waals surface area contributed by atoms with Crippen molar-refractivity contribution in [2.24, 2.45) is 0 Å². The average molecular weight is 140 g/mol. The van der Waals surface area contributed by atoms with E-state index >= 15 is 0 Å². The lowest BCUT2D eigenvalue weighted by Crippen LogP contribution is -1.50. The van der Waals surface area contributed by atoms with E-state index in [-0.39, 0.29) is 0 Å². The predicted molar refractivity (Wildman–Crippen MR) is 36.3 cm³/mol. The quantitative estimate of drug-likeness (QED) is 0.546. The third kappa shape index (κ3) is 0.485. The largest absolute Gasteiger partial charge is 0.233 e. The van der Waals surface area contributed by atoms with Gasteiger partial charge in [0.25, 0.3) is 0 Å². The van der Waals surface area contributed by atoms with Crippen molar-refractivity contribution >= 4 is 32.9 Å². The van der Waals surface area contributed by atoms with Crippen LogP contribution in [0, 0.1) is 5.51 Å². The maximum atomic E-state index is 3.98. The Bertz CT molecular complexity index is 232. The standard InChI is InChI=1S/C5H2NS2/c1-4-5(2-7-1)8-3-6-4/h1-2H. The molecule has 0 aliphatic carbocycles. The summed E-state index contributed by atoms with van der Waals surface area (Å²) in [6.07, 6.45) is 0. The minimum absolute atomic E-state index is 1.08. The number of aromatic nitrogens is 1. The minimum Gasteiger partial charge on any atom is -0.233 e. The van der Waals surface area contributed by atoms with E-state index in [1.165, 1.54) is 4.70 Å². The molecule has 0 bridgehead atoms. The lowest BCUT2D eigenvalue weighted by atomic mass is 10.6. The minimum atomic E-state index is 1.08. The molecule has 2 rings (SSSR count). The van der Waals surface area contributed by atoms with E-state index in [0.717, 1.165) is 5.52 Å². The van der Waals surface area contributed by atoms with Crippen LogP contribution in [0.5, 0.6) is 0 Å². The monoisotopic (exact) mass is 140 g/mol. The molecule has 1 radical (unpaired) electrons. The molecule has 1 nitrogen and oxygen atoms in total. The van der Waals surface area contributed by atoms with E-state index in [2.05, 4.69) is 15.9 Å². The first-order valence-electron chi connectivity index (χ1n) is 2.15. The molecule has 0 N–H and O–H groups in total. The highest BCUT2D eigenvalue weighted by atomic mass is 32.1. The van der Waals surface area contributed by atoms with Gasteiger partial charge in [-0.3, -0.25) is 0 Å². The smallest absolute Gasteiger partial charge is 0.153 e. The fourth-order valence-electron chi connectivity index (χ4n) is 0.558. The number of rotatable bonds is 0. The SMILES string of the molecule is [c]1nc2cscc2s1. The Balaban J connectivity index is 3.06. The summed E-state index contributed by atoms with van der Waals surface area (Å²) in [5.41, 5.74) is 3.90. The van der Waals surface area contributed by atoms with Crippen molar-refractivity contribution in [2.45, 2.75) is 0 Å². The summed E-state index contributed by atoms with van der Waals surface area (Å²) in [7, 11) is 0. The fourth-order valence-corrected chi connectivity index (χ4v) is 2.06. The van der Waals surface area contributed by atoms with E-state index in [1.54, 1.807) is 22.7 Å². The first-order chi connectivity index (χ1) is 3.97. The van der Waals surface area contributed by atoms with E-state index in [1.807, 2.05) is 5.38 Å². The summed E-state index contributed by atoms with van der Waals surface area (Å²) in [5.74, 6) is 0. The van der Waals surface area contributed by atoms with Crippen LogP contribution in [0.3, 0.4) is 0 Å². The molecule has 0 fully saturated rings. The van der Waals surface area contributed by atoms with Crippen LogP contribution in [0.15, 0.2) is 10.8 Å². The zero-order valence-corrected chi connectivity index (χ0v) is 5.55. The Morgan fingerprint density at radius 3 is 3.38 bits per heavy atom. The summed E-state index contributed by atoms with van der Waals surface area (Å²) in [5, 5.41) is 4.12. The van der Waals surface area contributed by atoms with E-state index in [0.29, 0.717) is 0 Å². The van der Waals surface area contributed by atoms with E-state index < -0.39 is 0 Å². The van der Waals surface area contributed by atoms with Crippen LogP contribution in [0.4, 0.5) is 0 Å². The lowest BCUT2D eigenvalue weighted by Gasteiger charge is -1.61. The Morgan fingerprint density at radius 2 is 2.50 bits per heavy atom. The first-order valence-corrected chi connectivity index (χ1v) is 3.91. The van der Waals surface area contributed by atoms with Gasteiger partial charge in [-0.25, -0.2) is 4.98 Å². The number of hydrogen-bond acceptors (Lipinski definition) is 3. The molecule has 0 spiro atoms. The number of hydrogen-bond donors (Lipinski definition) is 0. The topological polar surface area (TPSA) is 12.9 Å². The van der Waals surface area contributed by atoms with Gasteiger partial charge in [-0.15, -0.1) is 22.7 Å². The van der Waals surface area contributed by atoms with Crippen LogP contribution in [0.25, 0.3) is 10.2 Å². The van der Waals surface area contributed by atoms with Crippen molar-refractivity contribution in [2.75, 3.05) is 0 Å².